The number of hydrogen-bond acceptors (Lipinski definition) is 3. The molecule has 1 amide bonds. The number of ether oxygens (including phenoxy) is 1. The molecule has 5 nitrogen and oxygen atoms in total. The number of aliphatic carboxylic acids is 1. The molecule has 0 radical (unpaired) electrons. The first-order valence-corrected chi connectivity index (χ1v) is 12.7. The van der Waals surface area contributed by atoms with Crippen molar-refractivity contribution in [3.05, 3.63) is 88.7 Å². The summed E-state index contributed by atoms with van der Waals surface area (Å²) in [5.41, 5.74) is 4.21. The van der Waals surface area contributed by atoms with E-state index >= 15 is 0 Å². The number of carboxylic acids is 1. The van der Waals surface area contributed by atoms with Gasteiger partial charge in [-0.1, -0.05) is 56.3 Å². The van der Waals surface area contributed by atoms with E-state index in [0.29, 0.717) is 41.8 Å². The second-order valence-corrected chi connectivity index (χ2v) is 10.6. The second kappa shape index (κ2) is 10.8. The van der Waals surface area contributed by atoms with Crippen molar-refractivity contribution < 1.29 is 23.8 Å². The van der Waals surface area contributed by atoms with Crippen LogP contribution in [0.15, 0.2) is 60.7 Å². The lowest BCUT2D eigenvalue weighted by atomic mass is 9.81. The number of carbonyl (C=O) groups excluding carboxylic acids is 1. The van der Waals surface area contributed by atoms with Gasteiger partial charge in [0, 0.05) is 25.1 Å². The molecule has 1 heterocycles. The molecule has 0 aliphatic carbocycles. The molecule has 1 N–H and O–H groups in total. The van der Waals surface area contributed by atoms with Crippen LogP contribution in [0.4, 0.5) is 4.39 Å². The third-order valence-corrected chi connectivity index (χ3v) is 6.91. The number of fused-ring (bicyclic) bond motifs is 1. The topological polar surface area (TPSA) is 66.8 Å². The quantitative estimate of drug-likeness (QED) is 0.400. The van der Waals surface area contributed by atoms with Crippen molar-refractivity contribution in [3.63, 3.8) is 0 Å². The number of hydrogen-bond donors (Lipinski definition) is 1. The molecule has 3 aromatic rings. The number of carboxylic acid groups (broad SMARTS) is 1. The van der Waals surface area contributed by atoms with Crippen LogP contribution in [-0.4, -0.2) is 34.5 Å². The zero-order valence-corrected chi connectivity index (χ0v) is 21.9. The molecule has 0 aromatic heterocycles. The van der Waals surface area contributed by atoms with E-state index in [9.17, 15) is 19.1 Å². The normalized spacial score (nSPS) is 13.4. The summed E-state index contributed by atoms with van der Waals surface area (Å²) < 4.78 is 21.0. The van der Waals surface area contributed by atoms with Crippen molar-refractivity contribution in [2.75, 3.05) is 6.54 Å². The van der Waals surface area contributed by atoms with Crippen molar-refractivity contribution in [2.45, 2.75) is 65.0 Å². The van der Waals surface area contributed by atoms with Gasteiger partial charge in [0.05, 0.1) is 12.5 Å². The van der Waals surface area contributed by atoms with Crippen LogP contribution in [0.3, 0.4) is 0 Å². The summed E-state index contributed by atoms with van der Waals surface area (Å²) >= 11 is 0. The third-order valence-electron chi connectivity index (χ3n) is 6.91. The first kappa shape index (κ1) is 26.4. The summed E-state index contributed by atoms with van der Waals surface area (Å²) in [5, 5.41) is 9.32. The maximum Gasteiger partial charge on any atom is 0.307 e. The van der Waals surface area contributed by atoms with Crippen molar-refractivity contribution >= 4 is 11.9 Å². The van der Waals surface area contributed by atoms with Gasteiger partial charge in [0.2, 0.25) is 5.91 Å². The maximum absolute atomic E-state index is 14.9. The summed E-state index contributed by atoms with van der Waals surface area (Å²) in [6.45, 7) is 8.70. The fourth-order valence-electron chi connectivity index (χ4n) is 5.01. The fraction of sp³-hybridized carbons (Fsp3) is 0.355. The number of rotatable bonds is 8. The molecular formula is C31H34FNO4. The highest BCUT2D eigenvalue weighted by atomic mass is 19.1. The predicted octanol–water partition coefficient (Wildman–Crippen LogP) is 6.16. The fourth-order valence-corrected chi connectivity index (χ4v) is 5.01. The van der Waals surface area contributed by atoms with Gasteiger partial charge in [0.1, 0.15) is 11.6 Å². The van der Waals surface area contributed by atoms with Crippen molar-refractivity contribution in [3.8, 4) is 16.9 Å². The number of halogens is 1. The van der Waals surface area contributed by atoms with Crippen LogP contribution in [0.25, 0.3) is 11.1 Å². The Bertz CT molecular complexity index is 1300. The minimum absolute atomic E-state index is 0.0213. The Balaban J connectivity index is 1.70. The summed E-state index contributed by atoms with van der Waals surface area (Å²) in [6, 6.07) is 18.5. The minimum Gasteiger partial charge on any atom is -0.490 e. The largest absolute Gasteiger partial charge is 0.490 e. The molecular weight excluding hydrogens is 469 g/mol. The van der Waals surface area contributed by atoms with Crippen molar-refractivity contribution in [1.82, 2.24) is 4.90 Å². The van der Waals surface area contributed by atoms with E-state index in [1.807, 2.05) is 44.2 Å². The van der Waals surface area contributed by atoms with Gasteiger partial charge in [-0.05, 0) is 71.7 Å². The molecule has 0 atom stereocenters. The highest BCUT2D eigenvalue weighted by Gasteiger charge is 2.31. The second-order valence-electron chi connectivity index (χ2n) is 10.6. The Hall–Kier alpha value is -3.67. The highest BCUT2D eigenvalue weighted by molar-refractivity contribution is 5.81. The molecule has 37 heavy (non-hydrogen) atoms. The molecule has 0 saturated heterocycles. The molecule has 3 aromatic carbocycles. The summed E-state index contributed by atoms with van der Waals surface area (Å²) in [7, 11) is 0. The van der Waals surface area contributed by atoms with E-state index in [2.05, 4.69) is 13.8 Å². The number of nitrogens with zero attached hydrogens (tertiary/aromatic N) is 1. The molecule has 4 rings (SSSR count). The molecule has 0 saturated carbocycles. The van der Waals surface area contributed by atoms with E-state index in [-0.39, 0.29) is 36.2 Å². The summed E-state index contributed by atoms with van der Waals surface area (Å²) in [6.07, 6.45) is 0.532. The third kappa shape index (κ3) is 6.01. The van der Waals surface area contributed by atoms with E-state index in [4.69, 9.17) is 4.74 Å². The minimum atomic E-state index is -0.928. The number of carbonyl (C=O) groups is 2. The smallest absolute Gasteiger partial charge is 0.307 e. The molecule has 0 unspecified atom stereocenters. The predicted molar refractivity (Wildman–Crippen MR) is 142 cm³/mol. The van der Waals surface area contributed by atoms with Crippen LogP contribution < -0.4 is 4.74 Å². The van der Waals surface area contributed by atoms with Gasteiger partial charge in [-0.25, -0.2) is 4.39 Å². The zero-order valence-electron chi connectivity index (χ0n) is 21.9. The molecule has 0 bridgehead atoms. The lowest BCUT2D eigenvalue weighted by Crippen LogP contribution is -2.39. The van der Waals surface area contributed by atoms with Crippen molar-refractivity contribution in [1.29, 1.82) is 0 Å². The molecule has 0 spiro atoms. The first-order chi connectivity index (χ1) is 17.5. The molecule has 194 valence electrons. The highest BCUT2D eigenvalue weighted by Crippen LogP contribution is 2.39. The van der Waals surface area contributed by atoms with Crippen LogP contribution in [0.1, 0.15) is 56.4 Å². The van der Waals surface area contributed by atoms with Gasteiger partial charge < -0.3 is 14.7 Å². The van der Waals surface area contributed by atoms with E-state index in [1.54, 1.807) is 29.2 Å². The molecule has 1 aliphatic heterocycles. The van der Waals surface area contributed by atoms with Gasteiger partial charge in [0.25, 0.3) is 0 Å². The van der Waals surface area contributed by atoms with E-state index < -0.39 is 5.97 Å². The zero-order chi connectivity index (χ0) is 26.7. The SMILES string of the molecule is CC(C)Oc1ccc(CC(=O)O)cc1-c1ccc(F)c2c1CN(C(=O)CC(C)(C)c1ccccc1)CC2. The van der Waals surface area contributed by atoms with Gasteiger partial charge in [0.15, 0.2) is 0 Å². The van der Waals surface area contributed by atoms with E-state index in [1.165, 1.54) is 6.07 Å². The maximum atomic E-state index is 14.9. The lowest BCUT2D eigenvalue weighted by molar-refractivity contribution is -0.136. The van der Waals surface area contributed by atoms with Crippen LogP contribution in [0.2, 0.25) is 0 Å². The van der Waals surface area contributed by atoms with Gasteiger partial charge in [-0.2, -0.15) is 0 Å². The van der Waals surface area contributed by atoms with E-state index in [0.717, 1.165) is 16.7 Å². The Morgan fingerprint density at radius 1 is 1.03 bits per heavy atom. The van der Waals surface area contributed by atoms with Crippen LogP contribution in [0.5, 0.6) is 5.75 Å². The first-order valence-electron chi connectivity index (χ1n) is 12.7. The van der Waals surface area contributed by atoms with Crippen LogP contribution in [0, 0.1) is 5.82 Å². The van der Waals surface area contributed by atoms with Crippen LogP contribution in [-0.2, 0) is 34.4 Å². The molecule has 0 fully saturated rings. The molecule has 1 aliphatic rings. The summed E-state index contributed by atoms with van der Waals surface area (Å²) in [4.78, 5) is 26.6. The van der Waals surface area contributed by atoms with Crippen molar-refractivity contribution in [2.24, 2.45) is 0 Å². The standard InChI is InChI=1S/C31H34FNO4/c1-20(2)37-28-13-10-21(17-30(35)36)16-25(28)23-11-12-27(32)24-14-15-33(19-26(23)24)29(34)18-31(3,4)22-8-6-5-7-9-22/h5-13,16,20H,14-15,17-19H2,1-4H3,(H,35,36). The monoisotopic (exact) mass is 503 g/mol. The number of benzene rings is 3. The number of amides is 1. The van der Waals surface area contributed by atoms with Crippen LogP contribution >= 0.6 is 0 Å². The lowest BCUT2D eigenvalue weighted by Gasteiger charge is -2.34. The Labute approximate surface area is 217 Å². The molecule has 6 heteroatoms. The van der Waals surface area contributed by atoms with Gasteiger partial charge in [-0.15, -0.1) is 0 Å². The van der Waals surface area contributed by atoms with Gasteiger partial charge >= 0.3 is 5.97 Å². The average molecular weight is 504 g/mol. The average Bonchev–Trinajstić information content (AvgIpc) is 2.85. The van der Waals surface area contributed by atoms with Gasteiger partial charge in [-0.3, -0.25) is 9.59 Å². The Morgan fingerprint density at radius 2 is 1.76 bits per heavy atom. The summed E-state index contributed by atoms with van der Waals surface area (Å²) in [5.74, 6) is -0.592. The Morgan fingerprint density at radius 3 is 2.43 bits per heavy atom. The Kier molecular flexibility index (Phi) is 7.67.